The van der Waals surface area contributed by atoms with Gasteiger partial charge in [0.15, 0.2) is 0 Å². The first-order valence-corrected chi connectivity index (χ1v) is 6.79. The molecular formula is C15H22N2O. The Morgan fingerprint density at radius 3 is 2.89 bits per heavy atom. The summed E-state index contributed by atoms with van der Waals surface area (Å²) in [5.41, 5.74) is 3.19. The highest BCUT2D eigenvalue weighted by atomic mass is 16.1. The molecule has 1 aliphatic rings. The van der Waals surface area contributed by atoms with Crippen LogP contribution in [0.15, 0.2) is 18.2 Å². The Morgan fingerprint density at radius 1 is 1.44 bits per heavy atom. The number of hydrogen-bond donors (Lipinski definition) is 2. The monoisotopic (exact) mass is 246 g/mol. The Bertz CT molecular complexity index is 440. The van der Waals surface area contributed by atoms with Gasteiger partial charge in [0.05, 0.1) is 0 Å². The van der Waals surface area contributed by atoms with E-state index in [1.807, 2.05) is 18.2 Å². The highest BCUT2D eigenvalue weighted by Gasteiger charge is 2.17. The third-order valence-electron chi connectivity index (χ3n) is 3.64. The molecule has 0 bridgehead atoms. The number of anilines is 1. The van der Waals surface area contributed by atoms with Gasteiger partial charge >= 0.3 is 0 Å². The molecule has 18 heavy (non-hydrogen) atoms. The maximum Gasteiger partial charge on any atom is 0.251 e. The summed E-state index contributed by atoms with van der Waals surface area (Å²) in [5, 5.41) is 6.42. The predicted molar refractivity (Wildman–Crippen MR) is 75.0 cm³/mol. The number of hydrogen-bond acceptors (Lipinski definition) is 2. The summed E-state index contributed by atoms with van der Waals surface area (Å²) in [6.07, 6.45) is 1.98. The van der Waals surface area contributed by atoms with Crippen molar-refractivity contribution in [2.75, 3.05) is 11.9 Å². The Morgan fingerprint density at radius 2 is 2.22 bits per heavy atom. The SMILES string of the molecule is CCC(NC(=O)c1ccc2c(c1)CCN2)C(C)C. The molecule has 3 heteroatoms. The summed E-state index contributed by atoms with van der Waals surface area (Å²) in [4.78, 5) is 12.2. The molecule has 0 radical (unpaired) electrons. The highest BCUT2D eigenvalue weighted by molar-refractivity contribution is 5.95. The van der Waals surface area contributed by atoms with Crippen LogP contribution in [0, 0.1) is 5.92 Å². The molecule has 3 nitrogen and oxygen atoms in total. The maximum absolute atomic E-state index is 12.2. The van der Waals surface area contributed by atoms with E-state index in [9.17, 15) is 4.79 Å². The van der Waals surface area contributed by atoms with Crippen molar-refractivity contribution < 1.29 is 4.79 Å². The molecular weight excluding hydrogens is 224 g/mol. The van der Waals surface area contributed by atoms with Gasteiger partial charge in [0, 0.05) is 23.8 Å². The molecule has 1 aromatic rings. The average molecular weight is 246 g/mol. The van der Waals surface area contributed by atoms with Crippen LogP contribution in [0.1, 0.15) is 43.1 Å². The van der Waals surface area contributed by atoms with E-state index < -0.39 is 0 Å². The van der Waals surface area contributed by atoms with Crippen LogP contribution < -0.4 is 10.6 Å². The summed E-state index contributed by atoms with van der Waals surface area (Å²) in [6.45, 7) is 7.36. The van der Waals surface area contributed by atoms with Gasteiger partial charge in [-0.3, -0.25) is 4.79 Å². The molecule has 1 aliphatic heterocycles. The van der Waals surface area contributed by atoms with E-state index in [4.69, 9.17) is 0 Å². The van der Waals surface area contributed by atoms with Crippen LogP contribution in [-0.2, 0) is 6.42 Å². The molecule has 0 saturated carbocycles. The van der Waals surface area contributed by atoms with Crippen LogP contribution in [-0.4, -0.2) is 18.5 Å². The van der Waals surface area contributed by atoms with E-state index in [-0.39, 0.29) is 11.9 Å². The lowest BCUT2D eigenvalue weighted by Crippen LogP contribution is -2.38. The van der Waals surface area contributed by atoms with Gasteiger partial charge in [-0.2, -0.15) is 0 Å². The summed E-state index contributed by atoms with van der Waals surface area (Å²) in [7, 11) is 0. The van der Waals surface area contributed by atoms with Crippen LogP contribution >= 0.6 is 0 Å². The van der Waals surface area contributed by atoms with Crippen molar-refractivity contribution in [3.8, 4) is 0 Å². The average Bonchev–Trinajstić information content (AvgIpc) is 2.82. The van der Waals surface area contributed by atoms with Gasteiger partial charge in [-0.15, -0.1) is 0 Å². The second-order valence-electron chi connectivity index (χ2n) is 5.28. The molecule has 0 fully saturated rings. The molecule has 1 aromatic carbocycles. The van der Waals surface area contributed by atoms with Gasteiger partial charge in [-0.05, 0) is 42.5 Å². The zero-order chi connectivity index (χ0) is 13.1. The van der Waals surface area contributed by atoms with Crippen LogP contribution in [0.4, 0.5) is 5.69 Å². The van der Waals surface area contributed by atoms with Gasteiger partial charge in [-0.1, -0.05) is 20.8 Å². The van der Waals surface area contributed by atoms with Crippen molar-refractivity contribution >= 4 is 11.6 Å². The lowest BCUT2D eigenvalue weighted by atomic mass is 10.0. The fraction of sp³-hybridized carbons (Fsp3) is 0.533. The van der Waals surface area contributed by atoms with E-state index in [0.717, 1.165) is 24.9 Å². The van der Waals surface area contributed by atoms with E-state index >= 15 is 0 Å². The molecule has 98 valence electrons. The molecule has 0 spiro atoms. The van der Waals surface area contributed by atoms with Gasteiger partial charge < -0.3 is 10.6 Å². The third kappa shape index (κ3) is 2.66. The molecule has 2 N–H and O–H groups in total. The standard InChI is InChI=1S/C15H22N2O/c1-4-13(10(2)3)17-15(18)12-5-6-14-11(9-12)7-8-16-14/h5-6,9-10,13,16H,4,7-8H2,1-3H3,(H,17,18). The van der Waals surface area contributed by atoms with Gasteiger partial charge in [-0.25, -0.2) is 0 Å². The highest BCUT2D eigenvalue weighted by Crippen LogP contribution is 2.23. The molecule has 2 rings (SSSR count). The number of fused-ring (bicyclic) bond motifs is 1. The molecule has 0 aromatic heterocycles. The van der Waals surface area contributed by atoms with E-state index in [1.165, 1.54) is 11.3 Å². The number of benzene rings is 1. The number of carbonyl (C=O) groups is 1. The van der Waals surface area contributed by atoms with Gasteiger partial charge in [0.25, 0.3) is 5.91 Å². The first-order chi connectivity index (χ1) is 8.61. The lowest BCUT2D eigenvalue weighted by Gasteiger charge is -2.20. The second-order valence-corrected chi connectivity index (χ2v) is 5.28. The number of amides is 1. The van der Waals surface area contributed by atoms with Crippen LogP contribution in [0.25, 0.3) is 0 Å². The molecule has 1 atom stereocenters. The predicted octanol–water partition coefficient (Wildman–Crippen LogP) is 2.82. The zero-order valence-corrected chi connectivity index (χ0v) is 11.4. The van der Waals surface area contributed by atoms with Crippen molar-refractivity contribution in [2.24, 2.45) is 5.92 Å². The van der Waals surface area contributed by atoms with E-state index in [0.29, 0.717) is 5.92 Å². The normalized spacial score (nSPS) is 15.1. The first kappa shape index (κ1) is 12.9. The molecule has 1 amide bonds. The van der Waals surface area contributed by atoms with Crippen molar-refractivity contribution in [2.45, 2.75) is 39.7 Å². The van der Waals surface area contributed by atoms with Gasteiger partial charge in [0.2, 0.25) is 0 Å². The summed E-state index contributed by atoms with van der Waals surface area (Å²) < 4.78 is 0. The van der Waals surface area contributed by atoms with Gasteiger partial charge in [0.1, 0.15) is 0 Å². The molecule has 1 heterocycles. The van der Waals surface area contributed by atoms with Crippen molar-refractivity contribution in [3.05, 3.63) is 29.3 Å². The van der Waals surface area contributed by atoms with Crippen LogP contribution in [0.3, 0.4) is 0 Å². The summed E-state index contributed by atoms with van der Waals surface area (Å²) >= 11 is 0. The van der Waals surface area contributed by atoms with E-state index in [1.54, 1.807) is 0 Å². The maximum atomic E-state index is 12.2. The molecule has 1 unspecified atom stereocenters. The Hall–Kier alpha value is -1.51. The number of carbonyl (C=O) groups excluding carboxylic acids is 1. The minimum absolute atomic E-state index is 0.0465. The smallest absolute Gasteiger partial charge is 0.251 e. The molecule has 0 saturated heterocycles. The van der Waals surface area contributed by atoms with Crippen molar-refractivity contribution in [3.63, 3.8) is 0 Å². The second kappa shape index (κ2) is 5.42. The van der Waals surface area contributed by atoms with Crippen molar-refractivity contribution in [1.82, 2.24) is 5.32 Å². The third-order valence-corrected chi connectivity index (χ3v) is 3.64. The Balaban J connectivity index is 2.09. The lowest BCUT2D eigenvalue weighted by molar-refractivity contribution is 0.0924. The topological polar surface area (TPSA) is 41.1 Å². The first-order valence-electron chi connectivity index (χ1n) is 6.79. The van der Waals surface area contributed by atoms with Crippen molar-refractivity contribution in [1.29, 1.82) is 0 Å². The quantitative estimate of drug-likeness (QED) is 0.857. The summed E-state index contributed by atoms with van der Waals surface area (Å²) in [6, 6.07) is 6.18. The Kier molecular flexibility index (Phi) is 3.90. The zero-order valence-electron chi connectivity index (χ0n) is 11.4. The summed E-state index contributed by atoms with van der Waals surface area (Å²) in [5.74, 6) is 0.514. The largest absolute Gasteiger partial charge is 0.384 e. The van der Waals surface area contributed by atoms with Crippen LogP contribution in [0.5, 0.6) is 0 Å². The Labute approximate surface area is 109 Å². The number of rotatable bonds is 4. The van der Waals surface area contributed by atoms with Crippen LogP contribution in [0.2, 0.25) is 0 Å². The fourth-order valence-electron chi connectivity index (χ4n) is 2.44. The number of nitrogens with one attached hydrogen (secondary N) is 2. The fourth-order valence-corrected chi connectivity index (χ4v) is 2.44. The minimum atomic E-state index is 0.0465. The minimum Gasteiger partial charge on any atom is -0.384 e. The van der Waals surface area contributed by atoms with E-state index in [2.05, 4.69) is 31.4 Å². The molecule has 0 aliphatic carbocycles.